The van der Waals surface area contributed by atoms with Crippen molar-refractivity contribution in [3.05, 3.63) is 66.0 Å². The van der Waals surface area contributed by atoms with Gasteiger partial charge in [0.1, 0.15) is 5.82 Å². The van der Waals surface area contributed by atoms with Gasteiger partial charge in [0.05, 0.1) is 43.5 Å². The molecule has 0 saturated heterocycles. The second-order valence-electron chi connectivity index (χ2n) is 6.18. The van der Waals surface area contributed by atoms with Crippen LogP contribution in [-0.4, -0.2) is 31.0 Å². The number of imidazole rings is 1. The van der Waals surface area contributed by atoms with Gasteiger partial charge < -0.3 is 14.2 Å². The van der Waals surface area contributed by atoms with Gasteiger partial charge >= 0.3 is 0 Å². The topological polar surface area (TPSA) is 69.0 Å². The van der Waals surface area contributed by atoms with Crippen molar-refractivity contribution in [3.63, 3.8) is 0 Å². The predicted octanol–water partition coefficient (Wildman–Crippen LogP) is 2.51. The Hall–Kier alpha value is -2.87. The average Bonchev–Trinajstić information content (AvgIpc) is 3.08. The average molecular weight is 354 g/mol. The fourth-order valence-electron chi connectivity index (χ4n) is 3.15. The molecular formula is C18H19FN6O. The van der Waals surface area contributed by atoms with E-state index in [1.807, 2.05) is 30.2 Å². The maximum absolute atomic E-state index is 13.1. The van der Waals surface area contributed by atoms with Crippen molar-refractivity contribution in [3.8, 4) is 0 Å². The molecule has 0 bridgehead atoms. The zero-order valence-corrected chi connectivity index (χ0v) is 14.4. The van der Waals surface area contributed by atoms with Crippen LogP contribution in [0, 0.1) is 5.82 Å². The predicted molar refractivity (Wildman–Crippen MR) is 92.7 cm³/mol. The molecule has 26 heavy (non-hydrogen) atoms. The molecule has 3 aromatic rings. The molecule has 3 aromatic heterocycles. The van der Waals surface area contributed by atoms with E-state index in [0.717, 1.165) is 30.2 Å². The molecule has 0 aliphatic carbocycles. The van der Waals surface area contributed by atoms with Crippen LogP contribution in [0.5, 0.6) is 0 Å². The van der Waals surface area contributed by atoms with Crippen LogP contribution in [0.2, 0.25) is 0 Å². The van der Waals surface area contributed by atoms with E-state index >= 15 is 0 Å². The molecule has 0 spiro atoms. The van der Waals surface area contributed by atoms with Gasteiger partial charge in [-0.25, -0.2) is 19.3 Å². The number of nitrogens with zero attached hydrogens (tertiary/aromatic N) is 6. The van der Waals surface area contributed by atoms with E-state index in [-0.39, 0.29) is 6.04 Å². The highest BCUT2D eigenvalue weighted by atomic mass is 19.1. The maximum Gasteiger partial charge on any atom is 0.226 e. The van der Waals surface area contributed by atoms with Crippen molar-refractivity contribution in [1.29, 1.82) is 0 Å². The molecule has 8 heteroatoms. The molecule has 0 fully saturated rings. The maximum atomic E-state index is 13.1. The van der Waals surface area contributed by atoms with Crippen LogP contribution >= 0.6 is 0 Å². The summed E-state index contributed by atoms with van der Waals surface area (Å²) in [5.74, 6) is 1.02. The lowest BCUT2D eigenvalue weighted by molar-refractivity contribution is 0.101. The van der Waals surface area contributed by atoms with Crippen molar-refractivity contribution in [2.45, 2.75) is 32.7 Å². The quantitative estimate of drug-likeness (QED) is 0.701. The summed E-state index contributed by atoms with van der Waals surface area (Å²) in [5.41, 5.74) is 2.13. The van der Waals surface area contributed by atoms with Crippen molar-refractivity contribution in [2.24, 2.45) is 0 Å². The normalized spacial score (nSPS) is 16.5. The first-order valence-electron chi connectivity index (χ1n) is 8.47. The van der Waals surface area contributed by atoms with Crippen LogP contribution in [0.15, 0.2) is 43.1 Å². The summed E-state index contributed by atoms with van der Waals surface area (Å²) in [5, 5.41) is 0. The lowest BCUT2D eigenvalue weighted by Crippen LogP contribution is -2.38. The summed E-state index contributed by atoms with van der Waals surface area (Å²) in [6.07, 6.45) is 7.75. The highest BCUT2D eigenvalue weighted by Crippen LogP contribution is 2.28. The molecule has 0 N–H and O–H groups in total. The van der Waals surface area contributed by atoms with E-state index < -0.39 is 5.82 Å². The number of hydrogen-bond acceptors (Lipinski definition) is 6. The zero-order chi connectivity index (χ0) is 17.9. The molecule has 0 saturated carbocycles. The molecule has 1 aliphatic heterocycles. The summed E-state index contributed by atoms with van der Waals surface area (Å²) in [6.45, 7) is 4.57. The van der Waals surface area contributed by atoms with Crippen molar-refractivity contribution < 1.29 is 9.13 Å². The number of ether oxygens (including phenoxy) is 1. The third-order valence-electron chi connectivity index (χ3n) is 4.51. The Balaban J connectivity index is 1.44. The standard InChI is InChI=1S/C18H19FN6O/c1-13-17-21-10-16(12-26-11-14-2-4-20-5-3-14)25(17)7-6-24(13)18-22-8-15(19)9-23-18/h2-5,8-10,13H,6-7,11-12H2,1H3/t13-/m0/s1. The van der Waals surface area contributed by atoms with Crippen molar-refractivity contribution >= 4 is 5.95 Å². The van der Waals surface area contributed by atoms with Gasteiger partial charge in [-0.05, 0) is 24.6 Å². The molecule has 4 rings (SSSR count). The SMILES string of the molecule is C[C@H]1c2ncc(COCc3ccncc3)n2CCN1c1ncc(F)cn1. The van der Waals surface area contributed by atoms with Gasteiger partial charge in [-0.2, -0.15) is 0 Å². The first-order valence-corrected chi connectivity index (χ1v) is 8.47. The lowest BCUT2D eigenvalue weighted by atomic mass is 10.2. The Labute approximate surface area is 150 Å². The number of anilines is 1. The Kier molecular flexibility index (Phi) is 4.57. The molecule has 0 radical (unpaired) electrons. The van der Waals surface area contributed by atoms with Gasteiger partial charge in [0.15, 0.2) is 5.82 Å². The Morgan fingerprint density at radius 2 is 1.85 bits per heavy atom. The minimum absolute atomic E-state index is 0.00292. The lowest BCUT2D eigenvalue weighted by Gasteiger charge is -2.34. The van der Waals surface area contributed by atoms with Gasteiger partial charge in [0.2, 0.25) is 5.95 Å². The second-order valence-corrected chi connectivity index (χ2v) is 6.18. The highest BCUT2D eigenvalue weighted by molar-refractivity contribution is 5.34. The van der Waals surface area contributed by atoms with Gasteiger partial charge in [0, 0.05) is 25.5 Å². The van der Waals surface area contributed by atoms with Crippen LogP contribution in [0.25, 0.3) is 0 Å². The summed E-state index contributed by atoms with van der Waals surface area (Å²) in [7, 11) is 0. The first kappa shape index (κ1) is 16.6. The van der Waals surface area contributed by atoms with Crippen molar-refractivity contribution in [1.82, 2.24) is 24.5 Å². The van der Waals surface area contributed by atoms with E-state index in [0.29, 0.717) is 19.2 Å². The Morgan fingerprint density at radius 1 is 1.08 bits per heavy atom. The number of fused-ring (bicyclic) bond motifs is 1. The number of pyridine rings is 1. The number of aromatic nitrogens is 5. The fraction of sp³-hybridized carbons (Fsp3) is 0.333. The van der Waals surface area contributed by atoms with Crippen LogP contribution in [-0.2, 0) is 24.5 Å². The van der Waals surface area contributed by atoms with Crippen LogP contribution in [0.3, 0.4) is 0 Å². The molecular weight excluding hydrogens is 335 g/mol. The minimum Gasteiger partial charge on any atom is -0.370 e. The van der Waals surface area contributed by atoms with Crippen LogP contribution < -0.4 is 4.90 Å². The second kappa shape index (κ2) is 7.17. The molecule has 0 amide bonds. The number of rotatable bonds is 5. The third kappa shape index (κ3) is 3.28. The molecule has 0 aromatic carbocycles. The zero-order valence-electron chi connectivity index (χ0n) is 14.4. The first-order chi connectivity index (χ1) is 12.7. The summed E-state index contributed by atoms with van der Waals surface area (Å²) in [6, 6.07) is 3.88. The minimum atomic E-state index is -0.437. The summed E-state index contributed by atoms with van der Waals surface area (Å²) in [4.78, 5) is 18.8. The molecule has 7 nitrogen and oxygen atoms in total. The molecule has 1 atom stereocenters. The number of hydrogen-bond donors (Lipinski definition) is 0. The fourth-order valence-corrected chi connectivity index (χ4v) is 3.15. The molecule has 0 unspecified atom stereocenters. The highest BCUT2D eigenvalue weighted by Gasteiger charge is 2.28. The molecule has 1 aliphatic rings. The Bertz CT molecular complexity index is 867. The largest absolute Gasteiger partial charge is 0.370 e. The van der Waals surface area contributed by atoms with Gasteiger partial charge in [-0.15, -0.1) is 0 Å². The van der Waals surface area contributed by atoms with E-state index in [9.17, 15) is 4.39 Å². The monoisotopic (exact) mass is 354 g/mol. The van der Waals surface area contributed by atoms with Gasteiger partial charge in [-0.1, -0.05) is 0 Å². The van der Waals surface area contributed by atoms with Crippen LogP contribution in [0.1, 0.15) is 30.0 Å². The number of halogens is 1. The van der Waals surface area contributed by atoms with E-state index in [1.54, 1.807) is 12.4 Å². The van der Waals surface area contributed by atoms with E-state index in [2.05, 4.69) is 24.5 Å². The van der Waals surface area contributed by atoms with Gasteiger partial charge in [0.25, 0.3) is 0 Å². The van der Waals surface area contributed by atoms with Gasteiger partial charge in [-0.3, -0.25) is 4.98 Å². The Morgan fingerprint density at radius 3 is 2.62 bits per heavy atom. The summed E-state index contributed by atoms with van der Waals surface area (Å²) >= 11 is 0. The van der Waals surface area contributed by atoms with Crippen LogP contribution in [0.4, 0.5) is 10.3 Å². The summed E-state index contributed by atoms with van der Waals surface area (Å²) < 4.78 is 21.1. The van der Waals surface area contributed by atoms with E-state index in [4.69, 9.17) is 4.74 Å². The van der Waals surface area contributed by atoms with Crippen molar-refractivity contribution in [2.75, 3.05) is 11.4 Å². The molecule has 134 valence electrons. The van der Waals surface area contributed by atoms with E-state index in [1.165, 1.54) is 12.4 Å². The smallest absolute Gasteiger partial charge is 0.226 e. The third-order valence-corrected chi connectivity index (χ3v) is 4.51. The molecule has 4 heterocycles.